The van der Waals surface area contributed by atoms with Crippen LogP contribution in [0.3, 0.4) is 0 Å². The number of benzene rings is 1. The minimum atomic E-state index is -0.0982. The van der Waals surface area contributed by atoms with Crippen LogP contribution in [0.4, 0.5) is 5.69 Å². The zero-order valence-electron chi connectivity index (χ0n) is 18.2. The Hall–Kier alpha value is -3.19. The molecule has 1 N–H and O–H groups in total. The summed E-state index contributed by atoms with van der Waals surface area (Å²) in [6.45, 7) is 7.99. The van der Waals surface area contributed by atoms with Crippen molar-refractivity contribution in [2.75, 3.05) is 12.4 Å². The molecule has 160 valence electrons. The van der Waals surface area contributed by atoms with Gasteiger partial charge in [0.15, 0.2) is 11.3 Å². The summed E-state index contributed by atoms with van der Waals surface area (Å²) in [5.41, 5.74) is 7.04. The molecule has 0 bridgehead atoms. The van der Waals surface area contributed by atoms with E-state index in [0.29, 0.717) is 34.9 Å². The molecule has 0 unspecified atom stereocenters. The number of hydrogen-bond donors (Lipinski definition) is 1. The van der Waals surface area contributed by atoms with Crippen LogP contribution >= 0.6 is 11.6 Å². The highest BCUT2D eigenvalue weighted by Crippen LogP contribution is 2.28. The number of ether oxygens (including phenoxy) is 1. The lowest BCUT2D eigenvalue weighted by atomic mass is 10.1. The number of nitrogens with zero attached hydrogens (tertiary/aromatic N) is 4. The lowest BCUT2D eigenvalue weighted by Gasteiger charge is -2.12. The van der Waals surface area contributed by atoms with Gasteiger partial charge >= 0.3 is 0 Å². The van der Waals surface area contributed by atoms with Gasteiger partial charge in [0, 0.05) is 29.2 Å². The van der Waals surface area contributed by atoms with Crippen molar-refractivity contribution in [3.05, 3.63) is 57.5 Å². The number of pyridine rings is 1. The van der Waals surface area contributed by atoms with Crippen LogP contribution in [0.2, 0.25) is 5.02 Å². The number of anilines is 1. The molecule has 4 rings (SSSR count). The predicted molar refractivity (Wildman–Crippen MR) is 122 cm³/mol. The van der Waals surface area contributed by atoms with Gasteiger partial charge in [-0.05, 0) is 69.5 Å². The number of rotatable bonds is 5. The molecule has 0 radical (unpaired) electrons. The molecule has 7 nitrogen and oxygen atoms in total. The molecule has 0 saturated heterocycles. The first kappa shape index (κ1) is 21.1. The Morgan fingerprint density at radius 1 is 1.16 bits per heavy atom. The van der Waals surface area contributed by atoms with Crippen molar-refractivity contribution >= 4 is 39.9 Å². The number of nitrogens with one attached hydrogen (secondary N) is 1. The monoisotopic (exact) mass is 437 g/mol. The van der Waals surface area contributed by atoms with Crippen LogP contribution in [0.5, 0.6) is 5.75 Å². The number of hydrogen-bond acceptors (Lipinski definition) is 5. The lowest BCUT2D eigenvalue weighted by molar-refractivity contribution is -0.116. The fourth-order valence-corrected chi connectivity index (χ4v) is 4.19. The predicted octanol–water partition coefficient (Wildman–Crippen LogP) is 4.74. The van der Waals surface area contributed by atoms with E-state index in [-0.39, 0.29) is 5.91 Å². The van der Waals surface area contributed by atoms with Gasteiger partial charge in [-0.2, -0.15) is 0 Å². The highest BCUT2D eigenvalue weighted by atomic mass is 35.5. The molecule has 0 aliphatic rings. The van der Waals surface area contributed by atoms with Gasteiger partial charge in [-0.15, -0.1) is 5.10 Å². The number of carbonyl (C=O) groups is 1. The van der Waals surface area contributed by atoms with E-state index in [0.717, 1.165) is 39.2 Å². The molecule has 0 aliphatic heterocycles. The molecule has 31 heavy (non-hydrogen) atoms. The summed E-state index contributed by atoms with van der Waals surface area (Å²) in [7, 11) is 1.55. The fraction of sp³-hybridized carbons (Fsp3) is 0.304. The highest BCUT2D eigenvalue weighted by Gasteiger charge is 2.17. The molecule has 1 aromatic carbocycles. The first-order valence-electron chi connectivity index (χ1n) is 10.0. The van der Waals surface area contributed by atoms with Crippen molar-refractivity contribution in [3.63, 3.8) is 0 Å². The zero-order valence-corrected chi connectivity index (χ0v) is 19.0. The number of halogens is 1. The Labute approximate surface area is 185 Å². The summed E-state index contributed by atoms with van der Waals surface area (Å²) >= 11 is 6.14. The van der Waals surface area contributed by atoms with Crippen LogP contribution < -0.4 is 10.1 Å². The Morgan fingerprint density at radius 3 is 2.65 bits per heavy atom. The van der Waals surface area contributed by atoms with E-state index in [1.807, 2.05) is 31.4 Å². The van der Waals surface area contributed by atoms with Gasteiger partial charge < -0.3 is 10.1 Å². The Morgan fingerprint density at radius 2 is 1.94 bits per heavy atom. The number of carbonyl (C=O) groups excluding carboxylic acids is 1. The summed E-state index contributed by atoms with van der Waals surface area (Å²) in [6.07, 6.45) is 0.869. The summed E-state index contributed by atoms with van der Waals surface area (Å²) in [5, 5.41) is 8.98. The minimum absolute atomic E-state index is 0.0982. The second kappa shape index (κ2) is 8.15. The standard InChI is InChI=1S/C23H24ClN5O2/c1-12-10-13(2)25-22-21(12)23-26-14(3)17(15(4)29(23)28-22)7-9-20(30)27-16-6-8-19(31-5)18(24)11-16/h6,8,10-11H,7,9H2,1-5H3,(H,27,30). The van der Waals surface area contributed by atoms with Crippen molar-refractivity contribution in [1.29, 1.82) is 0 Å². The van der Waals surface area contributed by atoms with Gasteiger partial charge in [-0.3, -0.25) is 4.79 Å². The van der Waals surface area contributed by atoms with Gasteiger partial charge in [0.2, 0.25) is 5.91 Å². The summed E-state index contributed by atoms with van der Waals surface area (Å²) in [4.78, 5) is 21.9. The molecule has 8 heteroatoms. The fourth-order valence-electron chi connectivity index (χ4n) is 3.93. The van der Waals surface area contributed by atoms with Crippen LogP contribution in [0.1, 0.15) is 34.6 Å². The molecule has 0 saturated carbocycles. The van der Waals surface area contributed by atoms with Crippen molar-refractivity contribution in [2.45, 2.75) is 40.5 Å². The van der Waals surface area contributed by atoms with Gasteiger partial charge in [-0.25, -0.2) is 14.5 Å². The molecule has 3 aromatic heterocycles. The first-order chi connectivity index (χ1) is 14.8. The summed E-state index contributed by atoms with van der Waals surface area (Å²) in [5.74, 6) is 0.468. The molecular weight excluding hydrogens is 414 g/mol. The molecular formula is C23H24ClN5O2. The smallest absolute Gasteiger partial charge is 0.224 e. The van der Waals surface area contributed by atoms with Crippen molar-refractivity contribution < 1.29 is 9.53 Å². The Kier molecular flexibility index (Phi) is 5.54. The van der Waals surface area contributed by atoms with Crippen LogP contribution in [0, 0.1) is 27.7 Å². The second-order valence-electron chi connectivity index (χ2n) is 7.67. The van der Waals surface area contributed by atoms with Crippen molar-refractivity contribution in [1.82, 2.24) is 19.6 Å². The third kappa shape index (κ3) is 3.93. The average molecular weight is 438 g/mol. The van der Waals surface area contributed by atoms with Gasteiger partial charge in [-0.1, -0.05) is 11.6 Å². The SMILES string of the molecule is COc1ccc(NC(=O)CCc2c(C)nc3c4c(C)cc(C)nc4nn3c2C)cc1Cl. The van der Waals surface area contributed by atoms with Crippen LogP contribution in [-0.2, 0) is 11.2 Å². The Balaban J connectivity index is 1.58. The van der Waals surface area contributed by atoms with Gasteiger partial charge in [0.05, 0.1) is 17.5 Å². The molecule has 4 aromatic rings. The third-order valence-corrected chi connectivity index (χ3v) is 5.74. The number of aryl methyl sites for hydroxylation is 4. The van der Waals surface area contributed by atoms with E-state index >= 15 is 0 Å². The molecule has 0 aliphatic carbocycles. The summed E-state index contributed by atoms with van der Waals surface area (Å²) in [6, 6.07) is 7.21. The van der Waals surface area contributed by atoms with Crippen LogP contribution in [-0.4, -0.2) is 32.6 Å². The van der Waals surface area contributed by atoms with Crippen molar-refractivity contribution in [2.24, 2.45) is 0 Å². The largest absolute Gasteiger partial charge is 0.495 e. The maximum atomic E-state index is 12.5. The van der Waals surface area contributed by atoms with Gasteiger partial charge in [0.1, 0.15) is 5.75 Å². The van der Waals surface area contributed by atoms with E-state index in [4.69, 9.17) is 21.3 Å². The maximum Gasteiger partial charge on any atom is 0.224 e. The number of aromatic nitrogens is 4. The first-order valence-corrected chi connectivity index (χ1v) is 10.4. The van der Waals surface area contributed by atoms with Crippen LogP contribution in [0.15, 0.2) is 24.3 Å². The van der Waals surface area contributed by atoms with Gasteiger partial charge in [0.25, 0.3) is 0 Å². The normalized spacial score (nSPS) is 11.3. The average Bonchev–Trinajstić information content (AvgIpc) is 3.06. The van der Waals surface area contributed by atoms with E-state index in [1.165, 1.54) is 0 Å². The molecule has 1 amide bonds. The van der Waals surface area contributed by atoms with Crippen LogP contribution in [0.25, 0.3) is 16.7 Å². The van der Waals surface area contributed by atoms with E-state index in [2.05, 4.69) is 22.3 Å². The lowest BCUT2D eigenvalue weighted by Crippen LogP contribution is -2.14. The minimum Gasteiger partial charge on any atom is -0.495 e. The van der Waals surface area contributed by atoms with E-state index in [9.17, 15) is 4.79 Å². The quantitative estimate of drug-likeness (QED) is 0.487. The number of fused-ring (bicyclic) bond motifs is 3. The zero-order chi connectivity index (χ0) is 22.3. The molecule has 0 atom stereocenters. The number of amides is 1. The molecule has 0 spiro atoms. The topological polar surface area (TPSA) is 81.4 Å². The Bertz CT molecular complexity index is 1330. The van der Waals surface area contributed by atoms with Crippen molar-refractivity contribution in [3.8, 4) is 5.75 Å². The van der Waals surface area contributed by atoms with E-state index < -0.39 is 0 Å². The molecule has 3 heterocycles. The molecule has 0 fully saturated rings. The second-order valence-corrected chi connectivity index (χ2v) is 8.08. The summed E-state index contributed by atoms with van der Waals surface area (Å²) < 4.78 is 6.98. The van der Waals surface area contributed by atoms with E-state index in [1.54, 1.807) is 25.3 Å². The maximum absolute atomic E-state index is 12.5. The highest BCUT2D eigenvalue weighted by molar-refractivity contribution is 6.32. The number of methoxy groups -OCH3 is 1. The third-order valence-electron chi connectivity index (χ3n) is 5.45.